The largest absolute Gasteiger partial charge is 0.483 e. The first-order chi connectivity index (χ1) is 10.1. The van der Waals surface area contributed by atoms with E-state index in [4.69, 9.17) is 16.3 Å². The summed E-state index contributed by atoms with van der Waals surface area (Å²) in [5.74, 6) is 1.26. The Balaban J connectivity index is 1.88. The van der Waals surface area contributed by atoms with Gasteiger partial charge in [0.25, 0.3) is 5.91 Å². The zero-order valence-corrected chi connectivity index (χ0v) is 13.4. The smallest absolute Gasteiger partial charge is 0.257 e. The molecular formula is C16H23ClN2O2. The Morgan fingerprint density at radius 3 is 2.86 bits per heavy atom. The van der Waals surface area contributed by atoms with Crippen LogP contribution in [0.2, 0.25) is 5.02 Å². The normalized spacial score (nSPS) is 14.3. The second-order valence-corrected chi connectivity index (χ2v) is 6.20. The molecule has 0 unspecified atom stereocenters. The summed E-state index contributed by atoms with van der Waals surface area (Å²) in [5, 5.41) is 6.85. The average Bonchev–Trinajstić information content (AvgIpc) is 3.25. The van der Waals surface area contributed by atoms with Gasteiger partial charge in [-0.2, -0.15) is 0 Å². The molecule has 0 atom stereocenters. The first-order valence-electron chi connectivity index (χ1n) is 7.46. The van der Waals surface area contributed by atoms with Gasteiger partial charge in [-0.05, 0) is 30.9 Å². The quantitative estimate of drug-likeness (QED) is 0.776. The summed E-state index contributed by atoms with van der Waals surface area (Å²) >= 11 is 6.22. The molecular weight excluding hydrogens is 288 g/mol. The van der Waals surface area contributed by atoms with Gasteiger partial charge in [-0.15, -0.1) is 0 Å². The summed E-state index contributed by atoms with van der Waals surface area (Å²) in [6.07, 6.45) is 2.45. The molecule has 116 valence electrons. The fourth-order valence-corrected chi connectivity index (χ4v) is 2.16. The molecule has 0 bridgehead atoms. The standard InChI is InChI=1S/C16H23ClN2O2/c1-11(2)18-9-13-14(17)4-3-5-15(13)21-10-16(20)19-8-12-6-7-12/h3-5,11-12,18H,6-10H2,1-2H3,(H,19,20). The number of carbonyl (C=O) groups is 1. The summed E-state index contributed by atoms with van der Waals surface area (Å²) in [4.78, 5) is 11.7. The molecule has 1 aliphatic carbocycles. The van der Waals surface area contributed by atoms with Crippen molar-refractivity contribution in [2.24, 2.45) is 5.92 Å². The molecule has 0 aliphatic heterocycles. The first-order valence-corrected chi connectivity index (χ1v) is 7.84. The van der Waals surface area contributed by atoms with Crippen molar-refractivity contribution >= 4 is 17.5 Å². The number of amides is 1. The maximum absolute atomic E-state index is 11.7. The van der Waals surface area contributed by atoms with Crippen LogP contribution in [0.5, 0.6) is 5.75 Å². The number of nitrogens with one attached hydrogen (secondary N) is 2. The summed E-state index contributed by atoms with van der Waals surface area (Å²) in [6.45, 7) is 5.56. The van der Waals surface area contributed by atoms with E-state index in [9.17, 15) is 4.79 Å². The third-order valence-corrected chi connectivity index (χ3v) is 3.76. The van der Waals surface area contributed by atoms with E-state index in [-0.39, 0.29) is 12.5 Å². The highest BCUT2D eigenvalue weighted by Gasteiger charge is 2.21. The molecule has 0 aromatic heterocycles. The van der Waals surface area contributed by atoms with Crippen LogP contribution in [0.25, 0.3) is 0 Å². The fourth-order valence-electron chi connectivity index (χ4n) is 1.93. The van der Waals surface area contributed by atoms with Gasteiger partial charge in [0.05, 0.1) is 0 Å². The lowest BCUT2D eigenvalue weighted by molar-refractivity contribution is -0.123. The third-order valence-electron chi connectivity index (χ3n) is 3.41. The number of benzene rings is 1. The molecule has 1 fully saturated rings. The van der Waals surface area contributed by atoms with Crippen LogP contribution < -0.4 is 15.4 Å². The molecule has 4 nitrogen and oxygen atoms in total. The molecule has 0 saturated heterocycles. The fraction of sp³-hybridized carbons (Fsp3) is 0.562. The van der Waals surface area contributed by atoms with Gasteiger partial charge in [-0.25, -0.2) is 0 Å². The lowest BCUT2D eigenvalue weighted by Gasteiger charge is -2.15. The van der Waals surface area contributed by atoms with Gasteiger partial charge in [0.2, 0.25) is 0 Å². The number of rotatable bonds is 8. The lowest BCUT2D eigenvalue weighted by atomic mass is 10.2. The molecule has 21 heavy (non-hydrogen) atoms. The van der Waals surface area contributed by atoms with Crippen LogP contribution in [-0.4, -0.2) is 25.1 Å². The van der Waals surface area contributed by atoms with Crippen LogP contribution in [0.4, 0.5) is 0 Å². The molecule has 1 aliphatic rings. The van der Waals surface area contributed by atoms with Gasteiger partial charge in [-0.1, -0.05) is 31.5 Å². The highest BCUT2D eigenvalue weighted by molar-refractivity contribution is 6.31. The van der Waals surface area contributed by atoms with Gasteiger partial charge in [-0.3, -0.25) is 4.79 Å². The lowest BCUT2D eigenvalue weighted by Crippen LogP contribution is -2.30. The summed E-state index contributed by atoms with van der Waals surface area (Å²) in [5.41, 5.74) is 0.892. The van der Waals surface area contributed by atoms with Crippen LogP contribution in [0.15, 0.2) is 18.2 Å². The third kappa shape index (κ3) is 5.56. The second kappa shape index (κ2) is 7.66. The van der Waals surface area contributed by atoms with Crippen LogP contribution in [0.3, 0.4) is 0 Å². The molecule has 0 heterocycles. The van der Waals surface area contributed by atoms with E-state index in [1.54, 1.807) is 0 Å². The predicted molar refractivity (Wildman–Crippen MR) is 84.7 cm³/mol. The highest BCUT2D eigenvalue weighted by atomic mass is 35.5. The number of carbonyl (C=O) groups excluding carboxylic acids is 1. The highest BCUT2D eigenvalue weighted by Crippen LogP contribution is 2.28. The Morgan fingerprint density at radius 2 is 2.19 bits per heavy atom. The van der Waals surface area contributed by atoms with Crippen LogP contribution in [0.1, 0.15) is 32.3 Å². The molecule has 5 heteroatoms. The van der Waals surface area contributed by atoms with E-state index in [1.165, 1.54) is 12.8 Å². The topological polar surface area (TPSA) is 50.4 Å². The van der Waals surface area contributed by atoms with E-state index in [2.05, 4.69) is 24.5 Å². The van der Waals surface area contributed by atoms with Gasteiger partial charge in [0.1, 0.15) is 5.75 Å². The zero-order valence-electron chi connectivity index (χ0n) is 12.6. The SMILES string of the molecule is CC(C)NCc1c(Cl)cccc1OCC(=O)NCC1CC1. The van der Waals surface area contributed by atoms with E-state index < -0.39 is 0 Å². The summed E-state index contributed by atoms with van der Waals surface area (Å²) in [6, 6.07) is 5.87. The molecule has 2 rings (SSSR count). The van der Waals surface area contributed by atoms with Crippen molar-refractivity contribution < 1.29 is 9.53 Å². The Morgan fingerprint density at radius 1 is 1.43 bits per heavy atom. The minimum Gasteiger partial charge on any atom is -0.483 e. The van der Waals surface area contributed by atoms with E-state index >= 15 is 0 Å². The number of hydrogen-bond donors (Lipinski definition) is 2. The number of ether oxygens (including phenoxy) is 1. The average molecular weight is 311 g/mol. The molecule has 1 saturated carbocycles. The van der Waals surface area contributed by atoms with E-state index in [0.717, 1.165) is 12.1 Å². The second-order valence-electron chi connectivity index (χ2n) is 5.79. The van der Waals surface area contributed by atoms with E-state index in [1.807, 2.05) is 18.2 Å². The van der Waals surface area contributed by atoms with Gasteiger partial charge in [0, 0.05) is 29.7 Å². The van der Waals surface area contributed by atoms with Crippen molar-refractivity contribution in [3.05, 3.63) is 28.8 Å². The monoisotopic (exact) mass is 310 g/mol. The van der Waals surface area contributed by atoms with Gasteiger partial charge < -0.3 is 15.4 Å². The maximum atomic E-state index is 11.7. The van der Waals surface area contributed by atoms with Gasteiger partial charge in [0.15, 0.2) is 6.61 Å². The first kappa shape index (κ1) is 16.1. The Kier molecular flexibility index (Phi) is 5.88. The van der Waals surface area contributed by atoms with Crippen molar-refractivity contribution in [3.8, 4) is 5.75 Å². The van der Waals surface area contributed by atoms with Crippen LogP contribution >= 0.6 is 11.6 Å². The van der Waals surface area contributed by atoms with Crippen molar-refractivity contribution in [1.82, 2.24) is 10.6 Å². The van der Waals surface area contributed by atoms with Crippen molar-refractivity contribution in [2.75, 3.05) is 13.2 Å². The maximum Gasteiger partial charge on any atom is 0.257 e. The summed E-state index contributed by atoms with van der Waals surface area (Å²) < 4.78 is 5.63. The Hall–Kier alpha value is -1.26. The number of hydrogen-bond acceptors (Lipinski definition) is 3. The van der Waals surface area contributed by atoms with Crippen molar-refractivity contribution in [3.63, 3.8) is 0 Å². The number of halogens is 1. The van der Waals surface area contributed by atoms with Gasteiger partial charge >= 0.3 is 0 Å². The Labute approximate surface area is 131 Å². The van der Waals surface area contributed by atoms with E-state index in [0.29, 0.717) is 29.3 Å². The van der Waals surface area contributed by atoms with Crippen molar-refractivity contribution in [1.29, 1.82) is 0 Å². The van der Waals surface area contributed by atoms with Crippen LogP contribution in [0, 0.1) is 5.92 Å². The minimum absolute atomic E-state index is 0.0295. The minimum atomic E-state index is -0.0790. The zero-order chi connectivity index (χ0) is 15.2. The molecule has 0 spiro atoms. The van der Waals surface area contributed by atoms with Crippen LogP contribution in [-0.2, 0) is 11.3 Å². The molecule has 0 radical (unpaired) electrons. The molecule has 1 amide bonds. The summed E-state index contributed by atoms with van der Waals surface area (Å²) in [7, 11) is 0. The van der Waals surface area contributed by atoms with Crippen molar-refractivity contribution in [2.45, 2.75) is 39.3 Å². The molecule has 1 aromatic rings. The Bertz CT molecular complexity index is 487. The predicted octanol–water partition coefficient (Wildman–Crippen LogP) is 2.74. The molecule has 1 aromatic carbocycles. The molecule has 2 N–H and O–H groups in total.